The number of hydrogen-bond acceptors (Lipinski definition) is 4. The number of aromatic hydroxyl groups is 1. The molecular weight excluding hydrogens is 312 g/mol. The molecule has 0 amide bonds. The van der Waals surface area contributed by atoms with Gasteiger partial charge in [-0.05, 0) is 42.2 Å². The number of aliphatic hydroxyl groups excluding tert-OH is 1. The molecule has 0 unspecified atom stereocenters. The number of rotatable bonds is 6. The maximum atomic E-state index is 9.49. The molecule has 0 aliphatic carbocycles. The van der Waals surface area contributed by atoms with Gasteiger partial charge in [0, 0.05) is 45.4 Å². The highest BCUT2D eigenvalue weighted by Crippen LogP contribution is 2.20. The van der Waals surface area contributed by atoms with E-state index in [0.29, 0.717) is 11.8 Å². The molecule has 2 aromatic rings. The first kappa shape index (κ1) is 17.9. The van der Waals surface area contributed by atoms with Gasteiger partial charge in [-0.2, -0.15) is 0 Å². The molecule has 1 heterocycles. The molecule has 25 heavy (non-hydrogen) atoms. The molecule has 134 valence electrons. The number of piperazine rings is 1. The molecule has 1 aliphatic rings. The Bertz CT molecular complexity index is 672. The molecule has 1 fully saturated rings. The summed E-state index contributed by atoms with van der Waals surface area (Å²) in [6.07, 6.45) is 0.804. The van der Waals surface area contributed by atoms with Gasteiger partial charge in [0.25, 0.3) is 0 Å². The van der Waals surface area contributed by atoms with E-state index in [-0.39, 0.29) is 6.61 Å². The van der Waals surface area contributed by atoms with E-state index >= 15 is 0 Å². The van der Waals surface area contributed by atoms with Gasteiger partial charge in [-0.3, -0.25) is 9.80 Å². The predicted octanol–water partition coefficient (Wildman–Crippen LogP) is 2.77. The lowest BCUT2D eigenvalue weighted by Gasteiger charge is -2.41. The molecule has 0 saturated carbocycles. The summed E-state index contributed by atoms with van der Waals surface area (Å²) in [5, 5.41) is 18.9. The van der Waals surface area contributed by atoms with Crippen molar-refractivity contribution in [1.82, 2.24) is 9.80 Å². The van der Waals surface area contributed by atoms with E-state index in [1.54, 1.807) is 12.1 Å². The average molecular weight is 340 g/mol. The van der Waals surface area contributed by atoms with Crippen LogP contribution in [0.1, 0.15) is 23.1 Å². The smallest absolute Gasteiger partial charge is 0.115 e. The van der Waals surface area contributed by atoms with Crippen LogP contribution in [0.3, 0.4) is 0 Å². The molecule has 2 aromatic carbocycles. The Hall–Kier alpha value is -1.88. The molecule has 1 aliphatic heterocycles. The molecular formula is C21H28N2O2. The predicted molar refractivity (Wildman–Crippen MR) is 100 cm³/mol. The van der Waals surface area contributed by atoms with E-state index in [1.165, 1.54) is 16.7 Å². The minimum absolute atomic E-state index is 0.224. The lowest BCUT2D eigenvalue weighted by molar-refractivity contribution is 0.0498. The van der Waals surface area contributed by atoms with Gasteiger partial charge in [0.05, 0.1) is 0 Å². The highest BCUT2D eigenvalue weighted by molar-refractivity contribution is 5.26. The van der Waals surface area contributed by atoms with Crippen molar-refractivity contribution < 1.29 is 10.2 Å². The number of aliphatic hydroxyl groups is 1. The van der Waals surface area contributed by atoms with Crippen molar-refractivity contribution in [1.29, 1.82) is 0 Å². The van der Waals surface area contributed by atoms with Crippen molar-refractivity contribution in [3.8, 4) is 5.75 Å². The zero-order valence-electron chi connectivity index (χ0n) is 14.9. The van der Waals surface area contributed by atoms with Gasteiger partial charge in [-0.25, -0.2) is 0 Å². The van der Waals surface area contributed by atoms with Crippen LogP contribution in [-0.2, 0) is 13.1 Å². The summed E-state index contributed by atoms with van der Waals surface area (Å²) in [6, 6.07) is 16.4. The Morgan fingerprint density at radius 2 is 1.76 bits per heavy atom. The number of nitrogens with zero attached hydrogens (tertiary/aromatic N) is 2. The Morgan fingerprint density at radius 1 is 1.00 bits per heavy atom. The van der Waals surface area contributed by atoms with Gasteiger partial charge in [0.15, 0.2) is 0 Å². The lowest BCUT2D eigenvalue weighted by Crippen LogP contribution is -2.52. The van der Waals surface area contributed by atoms with Crippen molar-refractivity contribution in [3.63, 3.8) is 0 Å². The van der Waals surface area contributed by atoms with E-state index in [1.807, 2.05) is 12.1 Å². The summed E-state index contributed by atoms with van der Waals surface area (Å²) in [5.74, 6) is 0.310. The Kier molecular flexibility index (Phi) is 6.08. The maximum Gasteiger partial charge on any atom is 0.115 e. The van der Waals surface area contributed by atoms with Crippen LogP contribution >= 0.6 is 0 Å². The molecule has 4 nitrogen and oxygen atoms in total. The molecule has 3 rings (SSSR count). The third kappa shape index (κ3) is 4.82. The first-order valence-electron chi connectivity index (χ1n) is 9.05. The number of phenols is 1. The van der Waals surface area contributed by atoms with Gasteiger partial charge in [0.2, 0.25) is 0 Å². The molecule has 1 atom stereocenters. The van der Waals surface area contributed by atoms with E-state index in [9.17, 15) is 10.2 Å². The number of phenolic OH excluding ortho intramolecular Hbond substituents is 1. The first-order valence-corrected chi connectivity index (χ1v) is 9.05. The summed E-state index contributed by atoms with van der Waals surface area (Å²) in [7, 11) is 0. The van der Waals surface area contributed by atoms with Gasteiger partial charge in [-0.15, -0.1) is 0 Å². The van der Waals surface area contributed by atoms with Crippen molar-refractivity contribution >= 4 is 0 Å². The van der Waals surface area contributed by atoms with Crippen molar-refractivity contribution in [3.05, 3.63) is 65.2 Å². The monoisotopic (exact) mass is 340 g/mol. The van der Waals surface area contributed by atoms with Gasteiger partial charge < -0.3 is 10.2 Å². The Morgan fingerprint density at radius 3 is 2.48 bits per heavy atom. The second kappa shape index (κ2) is 8.48. The Labute approximate surface area is 150 Å². The second-order valence-electron chi connectivity index (χ2n) is 6.96. The second-order valence-corrected chi connectivity index (χ2v) is 6.96. The zero-order chi connectivity index (χ0) is 17.6. The Balaban J connectivity index is 1.63. The van der Waals surface area contributed by atoms with Crippen LogP contribution in [0.25, 0.3) is 0 Å². The topological polar surface area (TPSA) is 46.9 Å². The summed E-state index contributed by atoms with van der Waals surface area (Å²) >= 11 is 0. The van der Waals surface area contributed by atoms with E-state index in [2.05, 4.69) is 41.0 Å². The minimum atomic E-state index is 0.224. The fourth-order valence-corrected chi connectivity index (χ4v) is 3.60. The fourth-order valence-electron chi connectivity index (χ4n) is 3.60. The molecule has 2 N–H and O–H groups in total. The highest BCUT2D eigenvalue weighted by Gasteiger charge is 2.26. The summed E-state index contributed by atoms with van der Waals surface area (Å²) < 4.78 is 0. The number of benzene rings is 2. The maximum absolute atomic E-state index is 9.49. The van der Waals surface area contributed by atoms with Crippen LogP contribution in [0.5, 0.6) is 5.75 Å². The van der Waals surface area contributed by atoms with Crippen LogP contribution in [0.4, 0.5) is 0 Å². The molecule has 0 bridgehead atoms. The SMILES string of the molecule is Cc1ccccc1CN1CCN(Cc2ccc(O)cc2)C[C@@H]1CCO. The fraction of sp³-hybridized carbons (Fsp3) is 0.429. The number of aryl methyl sites for hydroxylation is 1. The molecule has 0 aromatic heterocycles. The molecule has 4 heteroatoms. The molecule has 0 radical (unpaired) electrons. The number of hydrogen-bond donors (Lipinski definition) is 2. The van der Waals surface area contributed by atoms with Gasteiger partial charge in [-0.1, -0.05) is 36.4 Å². The summed E-state index contributed by atoms with van der Waals surface area (Å²) in [5.41, 5.74) is 3.92. The largest absolute Gasteiger partial charge is 0.508 e. The normalized spacial score (nSPS) is 19.2. The van der Waals surface area contributed by atoms with E-state index < -0.39 is 0 Å². The lowest BCUT2D eigenvalue weighted by atomic mass is 10.0. The quantitative estimate of drug-likeness (QED) is 0.849. The van der Waals surface area contributed by atoms with E-state index in [4.69, 9.17) is 0 Å². The molecule has 1 saturated heterocycles. The van der Waals surface area contributed by atoms with Crippen LogP contribution < -0.4 is 0 Å². The van der Waals surface area contributed by atoms with Gasteiger partial charge >= 0.3 is 0 Å². The average Bonchev–Trinajstić information content (AvgIpc) is 2.61. The minimum Gasteiger partial charge on any atom is -0.508 e. The standard InChI is InChI=1S/C21H28N2O2/c1-17-4-2-3-5-19(17)15-23-12-11-22(16-20(23)10-13-24)14-18-6-8-21(25)9-7-18/h2-9,20,24-25H,10-16H2,1H3/t20-/m0/s1. The zero-order valence-corrected chi connectivity index (χ0v) is 14.9. The van der Waals surface area contributed by atoms with Crippen molar-refractivity contribution in [2.75, 3.05) is 26.2 Å². The van der Waals surface area contributed by atoms with E-state index in [0.717, 1.165) is 39.1 Å². The van der Waals surface area contributed by atoms with Crippen LogP contribution in [0, 0.1) is 6.92 Å². The highest BCUT2D eigenvalue weighted by atomic mass is 16.3. The third-order valence-electron chi connectivity index (χ3n) is 5.13. The van der Waals surface area contributed by atoms with Crippen LogP contribution in [-0.4, -0.2) is 52.3 Å². The third-order valence-corrected chi connectivity index (χ3v) is 5.13. The summed E-state index contributed by atoms with van der Waals surface area (Å²) in [6.45, 7) is 7.23. The first-order chi connectivity index (χ1) is 12.2. The molecule has 0 spiro atoms. The van der Waals surface area contributed by atoms with Crippen LogP contribution in [0.2, 0.25) is 0 Å². The van der Waals surface area contributed by atoms with Crippen molar-refractivity contribution in [2.24, 2.45) is 0 Å². The summed E-state index contributed by atoms with van der Waals surface area (Å²) in [4.78, 5) is 4.95. The van der Waals surface area contributed by atoms with Crippen LogP contribution in [0.15, 0.2) is 48.5 Å². The van der Waals surface area contributed by atoms with Crippen molar-refractivity contribution in [2.45, 2.75) is 32.5 Å². The van der Waals surface area contributed by atoms with Gasteiger partial charge in [0.1, 0.15) is 5.75 Å².